The average molecular weight is 182 g/mol. The van der Waals surface area contributed by atoms with E-state index in [4.69, 9.17) is 5.73 Å². The van der Waals surface area contributed by atoms with Crippen molar-refractivity contribution in [1.29, 1.82) is 0 Å². The molecule has 0 aliphatic heterocycles. The highest BCUT2D eigenvalue weighted by Crippen LogP contribution is 2.00. The molecule has 0 fully saturated rings. The molecule has 5 nitrogen and oxygen atoms in total. The maximum atomic E-state index is 10.4. The molecule has 13 heavy (non-hydrogen) atoms. The van der Waals surface area contributed by atoms with E-state index < -0.39 is 0 Å². The Balaban J connectivity index is 2.45. The molecule has 1 amide bonds. The van der Waals surface area contributed by atoms with E-state index in [0.717, 1.165) is 11.4 Å². The smallest absolute Gasteiger partial charge is 0.231 e. The largest absolute Gasteiger partial charge is 0.369 e. The number of carbonyl (C=O) groups excluding carboxylic acids is 1. The normalized spacial score (nSPS) is 10.3. The van der Waals surface area contributed by atoms with Crippen LogP contribution >= 0.6 is 0 Å². The van der Waals surface area contributed by atoms with Gasteiger partial charge in [-0.15, -0.1) is 0 Å². The van der Waals surface area contributed by atoms with Crippen LogP contribution in [0.15, 0.2) is 6.07 Å². The van der Waals surface area contributed by atoms with E-state index in [1.165, 1.54) is 0 Å². The lowest BCUT2D eigenvalue weighted by molar-refractivity contribution is -0.117. The molecule has 5 heteroatoms. The second kappa shape index (κ2) is 4.04. The molecule has 0 aliphatic rings. The molecule has 1 heterocycles. The van der Waals surface area contributed by atoms with Crippen LogP contribution in [0.4, 0.5) is 0 Å². The predicted molar refractivity (Wildman–Crippen MR) is 48.8 cm³/mol. The number of hydrogen-bond donors (Lipinski definition) is 2. The molecule has 3 N–H and O–H groups in total. The first kappa shape index (κ1) is 9.73. The zero-order valence-electron chi connectivity index (χ0n) is 7.87. The average Bonchev–Trinajstić information content (AvgIpc) is 2.29. The second-order valence-corrected chi connectivity index (χ2v) is 2.97. The number of amides is 1. The summed E-state index contributed by atoms with van der Waals surface area (Å²) in [5.74, 6) is -0.348. The number of primary amides is 1. The molecule has 0 unspecified atom stereocenters. The van der Waals surface area contributed by atoms with Gasteiger partial charge in [0, 0.05) is 13.6 Å². The van der Waals surface area contributed by atoms with Crippen molar-refractivity contribution < 1.29 is 4.79 Å². The molecule has 0 aromatic carbocycles. The maximum Gasteiger partial charge on any atom is 0.231 e. The molecule has 0 atom stereocenters. The number of aromatic nitrogens is 2. The first-order valence-electron chi connectivity index (χ1n) is 4.08. The van der Waals surface area contributed by atoms with Crippen LogP contribution in [0, 0.1) is 6.92 Å². The van der Waals surface area contributed by atoms with Gasteiger partial charge >= 0.3 is 0 Å². The molecule has 72 valence electrons. The summed E-state index contributed by atoms with van der Waals surface area (Å²) in [4.78, 5) is 10.4. The van der Waals surface area contributed by atoms with Gasteiger partial charge in [0.05, 0.1) is 17.9 Å². The Kier molecular flexibility index (Phi) is 3.02. The minimum Gasteiger partial charge on any atom is -0.369 e. The molecular weight excluding hydrogens is 168 g/mol. The van der Waals surface area contributed by atoms with Gasteiger partial charge in [0.25, 0.3) is 0 Å². The monoisotopic (exact) mass is 182 g/mol. The summed E-state index contributed by atoms with van der Waals surface area (Å²) in [6, 6.07) is 1.97. The van der Waals surface area contributed by atoms with Gasteiger partial charge in [-0.2, -0.15) is 5.10 Å². The molecule has 0 aliphatic carbocycles. The van der Waals surface area contributed by atoms with E-state index >= 15 is 0 Å². The number of carbonyl (C=O) groups is 1. The molecule has 1 aromatic heterocycles. The summed E-state index contributed by atoms with van der Waals surface area (Å²) >= 11 is 0. The molecule has 0 radical (unpaired) electrons. The second-order valence-electron chi connectivity index (χ2n) is 2.97. The van der Waals surface area contributed by atoms with Crippen molar-refractivity contribution in [3.05, 3.63) is 17.5 Å². The highest BCUT2D eigenvalue weighted by Gasteiger charge is 2.01. The SMILES string of the molecule is Cc1cc(CNCC(N)=O)n(C)n1. The summed E-state index contributed by atoms with van der Waals surface area (Å²) in [7, 11) is 1.87. The van der Waals surface area contributed by atoms with Crippen LogP contribution < -0.4 is 11.1 Å². The molecular formula is C8H14N4O. The summed E-state index contributed by atoms with van der Waals surface area (Å²) < 4.78 is 1.78. The van der Waals surface area contributed by atoms with Gasteiger partial charge < -0.3 is 11.1 Å². The molecule has 1 rings (SSSR count). The zero-order valence-corrected chi connectivity index (χ0v) is 7.87. The van der Waals surface area contributed by atoms with Crippen LogP contribution in [0.3, 0.4) is 0 Å². The summed E-state index contributed by atoms with van der Waals surface area (Å²) in [6.45, 7) is 2.74. The Bertz CT molecular complexity index is 305. The number of nitrogens with zero attached hydrogens (tertiary/aromatic N) is 2. The number of rotatable bonds is 4. The van der Waals surface area contributed by atoms with Gasteiger partial charge in [0.2, 0.25) is 5.91 Å². The number of aryl methyl sites for hydroxylation is 2. The van der Waals surface area contributed by atoms with E-state index in [2.05, 4.69) is 10.4 Å². The third kappa shape index (κ3) is 2.87. The van der Waals surface area contributed by atoms with E-state index in [1.54, 1.807) is 4.68 Å². The summed E-state index contributed by atoms with van der Waals surface area (Å²) in [5.41, 5.74) is 6.99. The first-order valence-corrected chi connectivity index (χ1v) is 4.08. The highest BCUT2D eigenvalue weighted by molar-refractivity contribution is 5.75. The van der Waals surface area contributed by atoms with E-state index in [9.17, 15) is 4.79 Å². The van der Waals surface area contributed by atoms with Crippen LogP contribution in [-0.2, 0) is 18.4 Å². The fourth-order valence-electron chi connectivity index (χ4n) is 1.14. The molecule has 0 spiro atoms. The Labute approximate surface area is 76.9 Å². The van der Waals surface area contributed by atoms with Crippen molar-refractivity contribution in [1.82, 2.24) is 15.1 Å². The Morgan fingerprint density at radius 1 is 1.77 bits per heavy atom. The van der Waals surface area contributed by atoms with E-state index in [1.807, 2.05) is 20.0 Å². The Hall–Kier alpha value is -1.36. The lowest BCUT2D eigenvalue weighted by atomic mass is 10.3. The molecule has 0 bridgehead atoms. The van der Waals surface area contributed by atoms with Crippen LogP contribution in [0.1, 0.15) is 11.4 Å². The zero-order chi connectivity index (χ0) is 9.84. The Morgan fingerprint density at radius 2 is 2.46 bits per heavy atom. The van der Waals surface area contributed by atoms with Crippen molar-refractivity contribution in [2.75, 3.05) is 6.54 Å². The summed E-state index contributed by atoms with van der Waals surface area (Å²) in [5, 5.41) is 7.09. The first-order chi connectivity index (χ1) is 6.09. The van der Waals surface area contributed by atoms with Gasteiger partial charge in [-0.25, -0.2) is 0 Å². The number of nitrogens with one attached hydrogen (secondary N) is 1. The quantitative estimate of drug-likeness (QED) is 0.647. The number of nitrogens with two attached hydrogens (primary N) is 1. The minimum absolute atomic E-state index is 0.199. The number of hydrogen-bond acceptors (Lipinski definition) is 3. The van der Waals surface area contributed by atoms with Crippen molar-refractivity contribution in [3.8, 4) is 0 Å². The molecule has 1 aromatic rings. The highest BCUT2D eigenvalue weighted by atomic mass is 16.1. The third-order valence-corrected chi connectivity index (χ3v) is 1.70. The summed E-state index contributed by atoms with van der Waals surface area (Å²) in [6.07, 6.45) is 0. The van der Waals surface area contributed by atoms with Crippen LogP contribution in [-0.4, -0.2) is 22.2 Å². The lowest BCUT2D eigenvalue weighted by Gasteiger charge is -2.01. The van der Waals surface area contributed by atoms with Crippen molar-refractivity contribution in [2.24, 2.45) is 12.8 Å². The fraction of sp³-hybridized carbons (Fsp3) is 0.500. The molecule has 0 saturated heterocycles. The molecule has 0 saturated carbocycles. The van der Waals surface area contributed by atoms with Gasteiger partial charge in [-0.3, -0.25) is 9.48 Å². The van der Waals surface area contributed by atoms with Crippen molar-refractivity contribution in [3.63, 3.8) is 0 Å². The van der Waals surface area contributed by atoms with Crippen LogP contribution in [0.2, 0.25) is 0 Å². The van der Waals surface area contributed by atoms with E-state index in [-0.39, 0.29) is 12.5 Å². The minimum atomic E-state index is -0.348. The van der Waals surface area contributed by atoms with Gasteiger partial charge in [0.15, 0.2) is 0 Å². The van der Waals surface area contributed by atoms with Crippen LogP contribution in [0.5, 0.6) is 0 Å². The van der Waals surface area contributed by atoms with E-state index in [0.29, 0.717) is 6.54 Å². The van der Waals surface area contributed by atoms with Crippen molar-refractivity contribution in [2.45, 2.75) is 13.5 Å². The topological polar surface area (TPSA) is 72.9 Å². The van der Waals surface area contributed by atoms with Gasteiger partial charge in [-0.1, -0.05) is 0 Å². The van der Waals surface area contributed by atoms with Crippen LogP contribution in [0.25, 0.3) is 0 Å². The maximum absolute atomic E-state index is 10.4. The third-order valence-electron chi connectivity index (χ3n) is 1.70. The lowest BCUT2D eigenvalue weighted by Crippen LogP contribution is -2.28. The van der Waals surface area contributed by atoms with Crippen molar-refractivity contribution >= 4 is 5.91 Å². The van der Waals surface area contributed by atoms with Gasteiger partial charge in [-0.05, 0) is 13.0 Å². The fourth-order valence-corrected chi connectivity index (χ4v) is 1.14. The Morgan fingerprint density at radius 3 is 2.92 bits per heavy atom. The van der Waals surface area contributed by atoms with Gasteiger partial charge in [0.1, 0.15) is 0 Å². The predicted octanol–water partition coefficient (Wildman–Crippen LogP) is -0.697. The standard InChI is InChI=1S/C8H14N4O/c1-6-3-7(12(2)11-6)4-10-5-8(9)13/h3,10H,4-5H2,1-2H3,(H2,9,13).